The van der Waals surface area contributed by atoms with Crippen LogP contribution in [-0.2, 0) is 0 Å². The Morgan fingerprint density at radius 3 is 2.60 bits per heavy atom. The van der Waals surface area contributed by atoms with Crippen molar-refractivity contribution in [3.05, 3.63) is 34.3 Å². The van der Waals surface area contributed by atoms with Crippen molar-refractivity contribution >= 4 is 28.3 Å². The van der Waals surface area contributed by atoms with Gasteiger partial charge in [-0.25, -0.2) is 0 Å². The standard InChI is InChI=1S/C12H16BrN.ClH/c13-11-6-2-5-10(7-11)12(8-14)9-3-1-4-9;/h2,5-7,9,12H,1,3-4,8,14H2;1H. The van der Waals surface area contributed by atoms with E-state index in [-0.39, 0.29) is 12.4 Å². The second-order valence-corrected chi connectivity index (χ2v) is 5.00. The van der Waals surface area contributed by atoms with Gasteiger partial charge in [0.15, 0.2) is 0 Å². The van der Waals surface area contributed by atoms with Crippen LogP contribution in [0.3, 0.4) is 0 Å². The van der Waals surface area contributed by atoms with E-state index >= 15 is 0 Å². The van der Waals surface area contributed by atoms with Crippen molar-refractivity contribution in [2.75, 3.05) is 6.54 Å². The molecule has 2 N–H and O–H groups in total. The molecule has 0 aliphatic heterocycles. The molecule has 1 saturated carbocycles. The lowest BCUT2D eigenvalue weighted by Crippen LogP contribution is -2.26. The van der Waals surface area contributed by atoms with Crippen molar-refractivity contribution in [3.8, 4) is 0 Å². The van der Waals surface area contributed by atoms with Crippen LogP contribution in [0.25, 0.3) is 0 Å². The molecule has 2 rings (SSSR count). The Morgan fingerprint density at radius 1 is 1.40 bits per heavy atom. The topological polar surface area (TPSA) is 26.0 Å². The summed E-state index contributed by atoms with van der Waals surface area (Å²) in [6, 6.07) is 8.56. The Bertz CT molecular complexity index is 312. The molecule has 3 heteroatoms. The van der Waals surface area contributed by atoms with Gasteiger partial charge in [0.2, 0.25) is 0 Å². The number of hydrogen-bond donors (Lipinski definition) is 1. The van der Waals surface area contributed by atoms with E-state index in [9.17, 15) is 0 Å². The van der Waals surface area contributed by atoms with Crippen molar-refractivity contribution in [2.24, 2.45) is 11.7 Å². The maximum atomic E-state index is 5.85. The van der Waals surface area contributed by atoms with Crippen LogP contribution >= 0.6 is 28.3 Å². The Hall–Kier alpha value is -0.0500. The Morgan fingerprint density at radius 2 is 2.13 bits per heavy atom. The lowest BCUT2D eigenvalue weighted by Gasteiger charge is -2.33. The summed E-state index contributed by atoms with van der Waals surface area (Å²) in [5.41, 5.74) is 7.24. The summed E-state index contributed by atoms with van der Waals surface area (Å²) >= 11 is 3.51. The molecule has 15 heavy (non-hydrogen) atoms. The molecule has 0 radical (unpaired) electrons. The van der Waals surface area contributed by atoms with E-state index in [4.69, 9.17) is 5.73 Å². The highest BCUT2D eigenvalue weighted by molar-refractivity contribution is 9.10. The van der Waals surface area contributed by atoms with Gasteiger partial charge in [-0.1, -0.05) is 34.5 Å². The van der Waals surface area contributed by atoms with E-state index in [1.165, 1.54) is 24.8 Å². The second kappa shape index (κ2) is 5.88. The summed E-state index contributed by atoms with van der Waals surface area (Å²) in [6.45, 7) is 0.779. The van der Waals surface area contributed by atoms with Crippen molar-refractivity contribution in [1.29, 1.82) is 0 Å². The SMILES string of the molecule is Cl.NCC(c1cccc(Br)c1)C1CCC1. The zero-order valence-corrected chi connectivity index (χ0v) is 11.1. The van der Waals surface area contributed by atoms with E-state index in [0.29, 0.717) is 5.92 Å². The number of benzene rings is 1. The highest BCUT2D eigenvalue weighted by atomic mass is 79.9. The van der Waals surface area contributed by atoms with Gasteiger partial charge in [-0.05, 0) is 48.9 Å². The first kappa shape index (κ1) is 13.0. The maximum absolute atomic E-state index is 5.85. The van der Waals surface area contributed by atoms with Crippen molar-refractivity contribution in [1.82, 2.24) is 0 Å². The van der Waals surface area contributed by atoms with Gasteiger partial charge in [0.25, 0.3) is 0 Å². The van der Waals surface area contributed by atoms with Crippen LogP contribution in [0.15, 0.2) is 28.7 Å². The fourth-order valence-corrected chi connectivity index (χ4v) is 2.60. The molecule has 0 heterocycles. The van der Waals surface area contributed by atoms with Gasteiger partial charge < -0.3 is 5.73 Å². The first-order chi connectivity index (χ1) is 6.81. The number of halogens is 2. The molecule has 0 bridgehead atoms. The third kappa shape index (κ3) is 2.96. The molecule has 0 aromatic heterocycles. The molecule has 84 valence electrons. The predicted octanol–water partition coefficient (Wildman–Crippen LogP) is 3.71. The molecular formula is C12H17BrClN. The summed E-state index contributed by atoms with van der Waals surface area (Å²) < 4.78 is 1.16. The minimum Gasteiger partial charge on any atom is -0.330 e. The van der Waals surface area contributed by atoms with Crippen LogP contribution in [0, 0.1) is 5.92 Å². The van der Waals surface area contributed by atoms with E-state index in [1.54, 1.807) is 0 Å². The van der Waals surface area contributed by atoms with Gasteiger partial charge in [-0.15, -0.1) is 12.4 Å². The molecule has 1 atom stereocenters. The maximum Gasteiger partial charge on any atom is 0.0178 e. The van der Waals surface area contributed by atoms with Gasteiger partial charge in [0.1, 0.15) is 0 Å². The van der Waals surface area contributed by atoms with E-state index in [2.05, 4.69) is 40.2 Å². The Labute approximate surface area is 106 Å². The molecule has 1 aliphatic rings. The molecule has 0 amide bonds. The minimum absolute atomic E-state index is 0. The van der Waals surface area contributed by atoms with Crippen LogP contribution < -0.4 is 5.73 Å². The second-order valence-electron chi connectivity index (χ2n) is 4.09. The summed E-state index contributed by atoms with van der Waals surface area (Å²) in [6.07, 6.45) is 4.10. The molecule has 0 spiro atoms. The molecule has 1 fully saturated rings. The zero-order chi connectivity index (χ0) is 9.97. The molecular weight excluding hydrogens is 273 g/mol. The van der Waals surface area contributed by atoms with Crippen LogP contribution in [0.1, 0.15) is 30.7 Å². The summed E-state index contributed by atoms with van der Waals surface area (Å²) in [5, 5.41) is 0. The third-order valence-corrected chi connectivity index (χ3v) is 3.74. The first-order valence-electron chi connectivity index (χ1n) is 5.27. The van der Waals surface area contributed by atoms with Crippen molar-refractivity contribution in [3.63, 3.8) is 0 Å². The molecule has 1 nitrogen and oxygen atoms in total. The van der Waals surface area contributed by atoms with Gasteiger partial charge in [0, 0.05) is 4.47 Å². The summed E-state index contributed by atoms with van der Waals surface area (Å²) in [7, 11) is 0. The normalized spacial score (nSPS) is 17.7. The van der Waals surface area contributed by atoms with E-state index < -0.39 is 0 Å². The van der Waals surface area contributed by atoms with Crippen molar-refractivity contribution in [2.45, 2.75) is 25.2 Å². The van der Waals surface area contributed by atoms with E-state index in [0.717, 1.165) is 16.9 Å². The smallest absolute Gasteiger partial charge is 0.0178 e. The molecule has 1 unspecified atom stereocenters. The average molecular weight is 291 g/mol. The predicted molar refractivity (Wildman–Crippen MR) is 70.5 cm³/mol. The Balaban J connectivity index is 0.00000112. The van der Waals surface area contributed by atoms with Crippen LogP contribution in [0.2, 0.25) is 0 Å². The molecule has 1 aromatic carbocycles. The molecule has 0 saturated heterocycles. The van der Waals surface area contributed by atoms with E-state index in [1.807, 2.05) is 0 Å². The lowest BCUT2D eigenvalue weighted by atomic mass is 9.73. The fourth-order valence-electron chi connectivity index (χ4n) is 2.18. The first-order valence-corrected chi connectivity index (χ1v) is 6.06. The van der Waals surface area contributed by atoms with Crippen LogP contribution in [-0.4, -0.2) is 6.54 Å². The van der Waals surface area contributed by atoms with Gasteiger partial charge in [-0.2, -0.15) is 0 Å². The monoisotopic (exact) mass is 289 g/mol. The fraction of sp³-hybridized carbons (Fsp3) is 0.500. The third-order valence-electron chi connectivity index (χ3n) is 3.25. The highest BCUT2D eigenvalue weighted by Gasteiger charge is 2.27. The average Bonchev–Trinajstić information content (AvgIpc) is 2.10. The van der Waals surface area contributed by atoms with Crippen molar-refractivity contribution < 1.29 is 0 Å². The zero-order valence-electron chi connectivity index (χ0n) is 8.66. The quantitative estimate of drug-likeness (QED) is 0.902. The largest absolute Gasteiger partial charge is 0.330 e. The highest BCUT2D eigenvalue weighted by Crippen LogP contribution is 2.39. The van der Waals surface area contributed by atoms with Crippen LogP contribution in [0.4, 0.5) is 0 Å². The molecule has 1 aromatic rings. The summed E-state index contributed by atoms with van der Waals surface area (Å²) in [4.78, 5) is 0. The molecule has 1 aliphatic carbocycles. The Kier molecular flexibility index (Phi) is 5.10. The van der Waals surface area contributed by atoms with Crippen LogP contribution in [0.5, 0.6) is 0 Å². The number of hydrogen-bond acceptors (Lipinski definition) is 1. The van der Waals surface area contributed by atoms with Gasteiger partial charge in [0.05, 0.1) is 0 Å². The number of nitrogens with two attached hydrogens (primary N) is 1. The number of rotatable bonds is 3. The van der Waals surface area contributed by atoms with Gasteiger partial charge >= 0.3 is 0 Å². The summed E-state index contributed by atoms with van der Waals surface area (Å²) in [5.74, 6) is 1.40. The lowest BCUT2D eigenvalue weighted by molar-refractivity contribution is 0.264. The van der Waals surface area contributed by atoms with Gasteiger partial charge in [-0.3, -0.25) is 0 Å². The minimum atomic E-state index is 0.